The average Bonchev–Trinajstić information content (AvgIpc) is 2.96. The Balaban J connectivity index is 1.72. The van der Waals surface area contributed by atoms with E-state index in [0.29, 0.717) is 34.9 Å². The number of methoxy groups -OCH3 is 2. The van der Waals surface area contributed by atoms with E-state index in [9.17, 15) is 9.59 Å². The van der Waals surface area contributed by atoms with Gasteiger partial charge in [-0.15, -0.1) is 0 Å². The predicted octanol–water partition coefficient (Wildman–Crippen LogP) is 3.72. The Morgan fingerprint density at radius 1 is 1.15 bits per heavy atom. The highest BCUT2D eigenvalue weighted by molar-refractivity contribution is 6.04. The minimum Gasteiger partial charge on any atom is -0.497 e. The third kappa shape index (κ3) is 3.89. The maximum atomic E-state index is 12.3. The van der Waals surface area contributed by atoms with Crippen molar-refractivity contribution < 1.29 is 23.8 Å². The number of hydrogen-bond acceptors (Lipinski definition) is 5. The summed E-state index contributed by atoms with van der Waals surface area (Å²) in [4.78, 5) is 24.6. The fourth-order valence-corrected chi connectivity index (χ4v) is 3.45. The number of hydrogen-bond donors (Lipinski definition) is 1. The number of nitrogens with one attached hydrogen (secondary N) is 1. The van der Waals surface area contributed by atoms with Crippen LogP contribution in [-0.2, 0) is 4.79 Å². The molecule has 0 fully saturated rings. The molecule has 1 aliphatic carbocycles. The first-order chi connectivity index (χ1) is 12.9. The van der Waals surface area contributed by atoms with Gasteiger partial charge < -0.3 is 19.5 Å². The Kier molecular flexibility index (Phi) is 5.35. The summed E-state index contributed by atoms with van der Waals surface area (Å²) in [6.45, 7) is 3.82. The molecule has 1 aliphatic rings. The van der Waals surface area contributed by atoms with Gasteiger partial charge in [-0.25, -0.2) is 0 Å². The average molecular weight is 369 g/mol. The molecule has 0 saturated carbocycles. The summed E-state index contributed by atoms with van der Waals surface area (Å²) in [6, 6.07) is 8.78. The predicted molar refractivity (Wildman–Crippen MR) is 102 cm³/mol. The smallest absolute Gasteiger partial charge is 0.262 e. The topological polar surface area (TPSA) is 73.9 Å². The number of amides is 1. The van der Waals surface area contributed by atoms with Crippen molar-refractivity contribution in [2.45, 2.75) is 26.2 Å². The molecule has 1 N–H and O–H groups in total. The van der Waals surface area contributed by atoms with Crippen LogP contribution < -0.4 is 19.5 Å². The van der Waals surface area contributed by atoms with Gasteiger partial charge in [-0.1, -0.05) is 13.0 Å². The molecule has 27 heavy (non-hydrogen) atoms. The molecule has 142 valence electrons. The van der Waals surface area contributed by atoms with Crippen LogP contribution in [0.2, 0.25) is 0 Å². The van der Waals surface area contributed by atoms with Gasteiger partial charge in [0.2, 0.25) is 0 Å². The van der Waals surface area contributed by atoms with E-state index < -0.39 is 0 Å². The van der Waals surface area contributed by atoms with E-state index in [0.717, 1.165) is 11.1 Å². The number of rotatable bonds is 6. The molecule has 6 nitrogen and oxygen atoms in total. The minimum absolute atomic E-state index is 0.0640. The molecule has 3 rings (SSSR count). The van der Waals surface area contributed by atoms with Gasteiger partial charge in [-0.3, -0.25) is 9.59 Å². The Morgan fingerprint density at radius 3 is 2.44 bits per heavy atom. The molecule has 0 bridgehead atoms. The second kappa shape index (κ2) is 7.70. The van der Waals surface area contributed by atoms with E-state index in [4.69, 9.17) is 14.2 Å². The lowest BCUT2D eigenvalue weighted by Gasteiger charge is -2.14. The molecule has 1 amide bonds. The van der Waals surface area contributed by atoms with E-state index in [-0.39, 0.29) is 24.2 Å². The zero-order valence-corrected chi connectivity index (χ0v) is 15.9. The fraction of sp³-hybridized carbons (Fsp3) is 0.333. The van der Waals surface area contributed by atoms with Gasteiger partial charge in [0.25, 0.3) is 5.91 Å². The van der Waals surface area contributed by atoms with Gasteiger partial charge in [-0.2, -0.15) is 0 Å². The van der Waals surface area contributed by atoms with E-state index in [1.54, 1.807) is 38.5 Å². The minimum atomic E-state index is -0.335. The van der Waals surface area contributed by atoms with Crippen LogP contribution in [0.15, 0.2) is 30.3 Å². The van der Waals surface area contributed by atoms with Crippen LogP contribution in [0.25, 0.3) is 0 Å². The van der Waals surface area contributed by atoms with Crippen LogP contribution in [0.1, 0.15) is 40.7 Å². The largest absolute Gasteiger partial charge is 0.497 e. The molecule has 2 aromatic carbocycles. The molecule has 6 heteroatoms. The van der Waals surface area contributed by atoms with Crippen LogP contribution in [0.4, 0.5) is 5.69 Å². The second-order valence-electron chi connectivity index (χ2n) is 6.64. The molecule has 2 aromatic rings. The molecule has 0 heterocycles. The summed E-state index contributed by atoms with van der Waals surface area (Å²) in [6.07, 6.45) is 0.479. The highest BCUT2D eigenvalue weighted by Gasteiger charge is 2.31. The van der Waals surface area contributed by atoms with Crippen molar-refractivity contribution in [3.63, 3.8) is 0 Å². The number of aryl methyl sites for hydroxylation is 1. The number of ether oxygens (including phenoxy) is 3. The van der Waals surface area contributed by atoms with Crippen molar-refractivity contribution in [3.05, 3.63) is 47.0 Å². The van der Waals surface area contributed by atoms with E-state index in [1.165, 1.54) is 0 Å². The first-order valence-electron chi connectivity index (χ1n) is 8.75. The molecule has 0 aromatic heterocycles. The molecular weight excluding hydrogens is 346 g/mol. The van der Waals surface area contributed by atoms with Crippen LogP contribution >= 0.6 is 0 Å². The summed E-state index contributed by atoms with van der Waals surface area (Å²) in [5.74, 6) is 1.51. The van der Waals surface area contributed by atoms with Crippen molar-refractivity contribution in [2.75, 3.05) is 26.1 Å². The van der Waals surface area contributed by atoms with Crippen LogP contribution in [0, 0.1) is 6.92 Å². The standard InChI is InChI=1S/C21H23NO5/c1-12-5-6-18(21-17(23)7-13(2)20(12)21)27-11-19(24)22-14-8-15(25-3)10-16(9-14)26-4/h5-6,8-10,13H,7,11H2,1-4H3,(H,22,24)/t13-/m1/s1. The lowest BCUT2D eigenvalue weighted by Crippen LogP contribution is -2.21. The van der Waals surface area contributed by atoms with Crippen molar-refractivity contribution in [2.24, 2.45) is 0 Å². The maximum Gasteiger partial charge on any atom is 0.262 e. The Hall–Kier alpha value is -3.02. The Morgan fingerprint density at radius 2 is 1.81 bits per heavy atom. The van der Waals surface area contributed by atoms with Crippen molar-refractivity contribution in [3.8, 4) is 17.2 Å². The van der Waals surface area contributed by atoms with Crippen LogP contribution in [0.3, 0.4) is 0 Å². The van der Waals surface area contributed by atoms with E-state index in [2.05, 4.69) is 5.32 Å². The van der Waals surface area contributed by atoms with Gasteiger partial charge in [0, 0.05) is 30.3 Å². The molecule has 0 radical (unpaired) electrons. The highest BCUT2D eigenvalue weighted by Crippen LogP contribution is 2.40. The SMILES string of the molecule is COc1cc(NC(=O)COc2ccc(C)c3c2C(=O)C[C@H]3C)cc(OC)c1. The van der Waals surface area contributed by atoms with Gasteiger partial charge in [-0.05, 0) is 30.0 Å². The summed E-state index contributed by atoms with van der Waals surface area (Å²) >= 11 is 0. The molecule has 0 aliphatic heterocycles. The highest BCUT2D eigenvalue weighted by atomic mass is 16.5. The van der Waals surface area contributed by atoms with Gasteiger partial charge in [0.15, 0.2) is 12.4 Å². The molecule has 0 unspecified atom stereocenters. The van der Waals surface area contributed by atoms with Crippen LogP contribution in [0.5, 0.6) is 17.2 Å². The zero-order chi connectivity index (χ0) is 19.6. The number of benzene rings is 2. The summed E-state index contributed by atoms with van der Waals surface area (Å²) in [7, 11) is 3.08. The van der Waals surface area contributed by atoms with Crippen molar-refractivity contribution >= 4 is 17.4 Å². The number of anilines is 1. The number of ketones is 1. The Labute approximate surface area is 158 Å². The summed E-state index contributed by atoms with van der Waals surface area (Å²) < 4.78 is 16.1. The second-order valence-corrected chi connectivity index (χ2v) is 6.64. The molecule has 0 spiro atoms. The number of fused-ring (bicyclic) bond motifs is 1. The summed E-state index contributed by atoms with van der Waals surface area (Å²) in [5.41, 5.74) is 3.25. The normalized spacial score (nSPS) is 15.3. The lowest BCUT2D eigenvalue weighted by atomic mass is 9.97. The zero-order valence-electron chi connectivity index (χ0n) is 15.9. The molecule has 0 saturated heterocycles. The van der Waals surface area contributed by atoms with Crippen LogP contribution in [-0.4, -0.2) is 32.5 Å². The van der Waals surface area contributed by atoms with Gasteiger partial charge in [0.1, 0.15) is 17.2 Å². The van der Waals surface area contributed by atoms with Crippen molar-refractivity contribution in [1.29, 1.82) is 0 Å². The van der Waals surface area contributed by atoms with E-state index in [1.807, 2.05) is 19.9 Å². The van der Waals surface area contributed by atoms with Gasteiger partial charge in [0.05, 0.1) is 19.8 Å². The summed E-state index contributed by atoms with van der Waals surface area (Å²) in [5, 5.41) is 2.75. The van der Waals surface area contributed by atoms with Crippen molar-refractivity contribution in [1.82, 2.24) is 0 Å². The number of carbonyl (C=O) groups is 2. The maximum absolute atomic E-state index is 12.3. The van der Waals surface area contributed by atoms with E-state index >= 15 is 0 Å². The first-order valence-corrected chi connectivity index (χ1v) is 8.75. The monoisotopic (exact) mass is 369 g/mol. The fourth-order valence-electron chi connectivity index (χ4n) is 3.45. The quantitative estimate of drug-likeness (QED) is 0.840. The number of Topliss-reactive ketones (excluding diaryl/α,β-unsaturated/α-hetero) is 1. The third-order valence-electron chi connectivity index (χ3n) is 4.68. The molecule has 1 atom stereocenters. The number of carbonyl (C=O) groups excluding carboxylic acids is 2. The first kappa shape index (κ1) is 18.8. The third-order valence-corrected chi connectivity index (χ3v) is 4.68. The van der Waals surface area contributed by atoms with Gasteiger partial charge >= 0.3 is 0 Å². The Bertz CT molecular complexity index is 868. The lowest BCUT2D eigenvalue weighted by molar-refractivity contribution is -0.118. The molecular formula is C21H23NO5.